The highest BCUT2D eigenvalue weighted by Crippen LogP contribution is 2.40. The zero-order valence-electron chi connectivity index (χ0n) is 8.68. The molecule has 1 aliphatic carbocycles. The number of nitrogens with two attached hydrogens (primary N) is 1. The van der Waals surface area contributed by atoms with Crippen molar-refractivity contribution in [2.45, 2.75) is 18.8 Å². The molecule has 0 aliphatic heterocycles. The quantitative estimate of drug-likeness (QED) is 0.597. The summed E-state index contributed by atoms with van der Waals surface area (Å²) < 4.78 is 5.40. The number of phenolic OH excluding ortho intramolecular Hbond substituents is 1. The Morgan fingerprint density at radius 2 is 2.19 bits per heavy atom. The second kappa shape index (κ2) is 3.27. The van der Waals surface area contributed by atoms with Crippen molar-refractivity contribution in [1.82, 2.24) is 4.98 Å². The number of oxazole rings is 1. The number of nitrogen functional groups attached to an aromatic ring is 1. The number of hydrogen-bond acceptors (Lipinski definition) is 4. The molecule has 82 valence electrons. The van der Waals surface area contributed by atoms with Gasteiger partial charge in [0.1, 0.15) is 17.7 Å². The molecule has 1 saturated carbocycles. The summed E-state index contributed by atoms with van der Waals surface area (Å²) in [6.07, 6.45) is 3.97. The van der Waals surface area contributed by atoms with Gasteiger partial charge in [0.15, 0.2) is 5.89 Å². The van der Waals surface area contributed by atoms with E-state index in [0.717, 1.165) is 30.0 Å². The molecule has 4 nitrogen and oxygen atoms in total. The van der Waals surface area contributed by atoms with E-state index in [1.807, 2.05) is 0 Å². The Labute approximate surface area is 92.7 Å². The summed E-state index contributed by atoms with van der Waals surface area (Å²) in [6, 6.07) is 5.04. The lowest BCUT2D eigenvalue weighted by molar-refractivity contribution is 0.478. The molecule has 16 heavy (non-hydrogen) atoms. The summed E-state index contributed by atoms with van der Waals surface area (Å²) in [5.41, 5.74) is 7.62. The lowest BCUT2D eigenvalue weighted by Gasteiger charge is -2.00. The van der Waals surface area contributed by atoms with Crippen molar-refractivity contribution in [1.29, 1.82) is 0 Å². The van der Waals surface area contributed by atoms with Crippen LogP contribution in [0.15, 0.2) is 28.9 Å². The van der Waals surface area contributed by atoms with E-state index in [9.17, 15) is 5.11 Å². The number of anilines is 1. The van der Waals surface area contributed by atoms with Crippen molar-refractivity contribution >= 4 is 5.69 Å². The summed E-state index contributed by atoms with van der Waals surface area (Å²) in [7, 11) is 0. The van der Waals surface area contributed by atoms with Crippen LogP contribution in [-0.2, 0) is 0 Å². The Morgan fingerprint density at radius 1 is 1.38 bits per heavy atom. The van der Waals surface area contributed by atoms with Gasteiger partial charge in [0, 0.05) is 11.5 Å². The van der Waals surface area contributed by atoms with Crippen LogP contribution >= 0.6 is 0 Å². The van der Waals surface area contributed by atoms with Gasteiger partial charge in [-0.05, 0) is 31.0 Å². The first-order valence-corrected chi connectivity index (χ1v) is 5.28. The van der Waals surface area contributed by atoms with Gasteiger partial charge in [-0.3, -0.25) is 0 Å². The molecule has 2 aromatic rings. The number of benzene rings is 1. The molecule has 0 unspecified atom stereocenters. The largest absolute Gasteiger partial charge is 0.506 e. The number of rotatable bonds is 2. The predicted molar refractivity (Wildman–Crippen MR) is 60.0 cm³/mol. The summed E-state index contributed by atoms with van der Waals surface area (Å²) in [4.78, 5) is 4.41. The van der Waals surface area contributed by atoms with Crippen molar-refractivity contribution in [3.63, 3.8) is 0 Å². The molecule has 1 aromatic carbocycles. The van der Waals surface area contributed by atoms with E-state index < -0.39 is 0 Å². The summed E-state index contributed by atoms with van der Waals surface area (Å²) >= 11 is 0. The standard InChI is InChI=1S/C12H12N2O2/c13-9-5-8(3-4-11(9)15)10-6-16-12(14-10)7-1-2-7/h3-7,15H,1-2,13H2. The van der Waals surface area contributed by atoms with Crippen LogP contribution in [0, 0.1) is 0 Å². The molecule has 3 rings (SSSR count). The van der Waals surface area contributed by atoms with E-state index in [4.69, 9.17) is 10.2 Å². The minimum absolute atomic E-state index is 0.0923. The van der Waals surface area contributed by atoms with Crippen LogP contribution in [0.2, 0.25) is 0 Å². The van der Waals surface area contributed by atoms with Gasteiger partial charge in [-0.15, -0.1) is 0 Å². The smallest absolute Gasteiger partial charge is 0.197 e. The highest BCUT2D eigenvalue weighted by atomic mass is 16.3. The first kappa shape index (κ1) is 9.27. The van der Waals surface area contributed by atoms with Gasteiger partial charge in [0.2, 0.25) is 0 Å². The van der Waals surface area contributed by atoms with Crippen LogP contribution in [0.3, 0.4) is 0 Å². The summed E-state index contributed by atoms with van der Waals surface area (Å²) in [5.74, 6) is 1.40. The van der Waals surface area contributed by atoms with Crippen LogP contribution in [0.5, 0.6) is 5.75 Å². The Hall–Kier alpha value is -1.97. The maximum Gasteiger partial charge on any atom is 0.197 e. The molecule has 1 aromatic heterocycles. The minimum atomic E-state index is 0.0923. The fourth-order valence-corrected chi connectivity index (χ4v) is 1.65. The van der Waals surface area contributed by atoms with Crippen LogP contribution in [-0.4, -0.2) is 10.1 Å². The molecule has 3 N–H and O–H groups in total. The molecule has 0 saturated heterocycles. The lowest BCUT2D eigenvalue weighted by Crippen LogP contribution is -1.87. The van der Waals surface area contributed by atoms with Crippen molar-refractivity contribution in [2.24, 2.45) is 0 Å². The van der Waals surface area contributed by atoms with Gasteiger partial charge in [-0.2, -0.15) is 0 Å². The van der Waals surface area contributed by atoms with Gasteiger partial charge in [-0.1, -0.05) is 0 Å². The number of phenols is 1. The number of aromatic hydroxyl groups is 1. The summed E-state index contributed by atoms with van der Waals surface area (Å²) in [5, 5.41) is 9.33. The normalized spacial score (nSPS) is 15.2. The fourth-order valence-electron chi connectivity index (χ4n) is 1.65. The molecule has 0 amide bonds. The van der Waals surface area contributed by atoms with Crippen LogP contribution in [0.1, 0.15) is 24.7 Å². The SMILES string of the molecule is Nc1cc(-c2coc(C3CC3)n2)ccc1O. The maximum atomic E-state index is 9.33. The molecule has 4 heteroatoms. The van der Waals surface area contributed by atoms with Crippen LogP contribution in [0.4, 0.5) is 5.69 Å². The monoisotopic (exact) mass is 216 g/mol. The second-order valence-electron chi connectivity index (χ2n) is 4.12. The number of hydrogen-bond donors (Lipinski definition) is 2. The van der Waals surface area contributed by atoms with E-state index in [-0.39, 0.29) is 5.75 Å². The van der Waals surface area contributed by atoms with E-state index in [1.54, 1.807) is 24.5 Å². The van der Waals surface area contributed by atoms with E-state index in [2.05, 4.69) is 4.98 Å². The molecule has 1 heterocycles. The first-order valence-electron chi connectivity index (χ1n) is 5.28. The van der Waals surface area contributed by atoms with Gasteiger partial charge in [-0.25, -0.2) is 4.98 Å². The van der Waals surface area contributed by atoms with Gasteiger partial charge >= 0.3 is 0 Å². The zero-order valence-corrected chi connectivity index (χ0v) is 8.68. The molecule has 1 fully saturated rings. The maximum absolute atomic E-state index is 9.33. The highest BCUT2D eigenvalue weighted by molar-refractivity contribution is 5.67. The molecule has 0 radical (unpaired) electrons. The third-order valence-electron chi connectivity index (χ3n) is 2.77. The topological polar surface area (TPSA) is 72.3 Å². The van der Waals surface area contributed by atoms with Crippen molar-refractivity contribution < 1.29 is 9.52 Å². The molecular formula is C12H12N2O2. The lowest BCUT2D eigenvalue weighted by atomic mass is 10.1. The first-order chi connectivity index (χ1) is 7.74. The van der Waals surface area contributed by atoms with Crippen molar-refractivity contribution in [3.8, 4) is 17.0 Å². The van der Waals surface area contributed by atoms with Gasteiger partial charge < -0.3 is 15.3 Å². The van der Waals surface area contributed by atoms with E-state index >= 15 is 0 Å². The minimum Gasteiger partial charge on any atom is -0.506 e. The average Bonchev–Trinajstić information content (AvgIpc) is 3.01. The van der Waals surface area contributed by atoms with Crippen molar-refractivity contribution in [2.75, 3.05) is 5.73 Å². The average molecular weight is 216 g/mol. The number of aromatic nitrogens is 1. The Bertz CT molecular complexity index is 530. The number of nitrogens with zero attached hydrogens (tertiary/aromatic N) is 1. The molecular weight excluding hydrogens is 204 g/mol. The molecule has 0 spiro atoms. The third kappa shape index (κ3) is 1.52. The third-order valence-corrected chi connectivity index (χ3v) is 2.77. The summed E-state index contributed by atoms with van der Waals surface area (Å²) in [6.45, 7) is 0. The van der Waals surface area contributed by atoms with E-state index in [0.29, 0.717) is 11.6 Å². The second-order valence-corrected chi connectivity index (χ2v) is 4.12. The van der Waals surface area contributed by atoms with Crippen molar-refractivity contribution in [3.05, 3.63) is 30.4 Å². The zero-order chi connectivity index (χ0) is 11.1. The van der Waals surface area contributed by atoms with E-state index in [1.165, 1.54) is 0 Å². The van der Waals surface area contributed by atoms with Gasteiger partial charge in [0.05, 0.1) is 5.69 Å². The predicted octanol–water partition coefficient (Wildman–Crippen LogP) is 2.51. The molecule has 0 bridgehead atoms. The van der Waals surface area contributed by atoms with Crippen LogP contribution < -0.4 is 5.73 Å². The highest BCUT2D eigenvalue weighted by Gasteiger charge is 2.28. The Kier molecular flexibility index (Phi) is 1.89. The van der Waals surface area contributed by atoms with Gasteiger partial charge in [0.25, 0.3) is 0 Å². The van der Waals surface area contributed by atoms with Crippen LogP contribution in [0.25, 0.3) is 11.3 Å². The molecule has 1 aliphatic rings. The molecule has 0 atom stereocenters. The Morgan fingerprint density at radius 3 is 2.88 bits per heavy atom. The Balaban J connectivity index is 1.97. The fraction of sp³-hybridized carbons (Fsp3) is 0.250.